The fourth-order valence-electron chi connectivity index (χ4n) is 3.47. The van der Waals surface area contributed by atoms with Gasteiger partial charge in [-0.1, -0.05) is 12.1 Å². The molecule has 2 unspecified atom stereocenters. The maximum atomic E-state index is 12.9. The lowest BCUT2D eigenvalue weighted by atomic mass is 9.89. The van der Waals surface area contributed by atoms with Gasteiger partial charge in [-0.05, 0) is 63.9 Å². The first-order valence-electron chi connectivity index (χ1n) is 9.60. The summed E-state index contributed by atoms with van der Waals surface area (Å²) >= 11 is 0. The molecule has 0 spiro atoms. The van der Waals surface area contributed by atoms with Gasteiger partial charge >= 0.3 is 0 Å². The van der Waals surface area contributed by atoms with Crippen molar-refractivity contribution in [1.82, 2.24) is 5.32 Å². The third kappa shape index (κ3) is 4.24. The van der Waals surface area contributed by atoms with Crippen molar-refractivity contribution in [3.8, 4) is 17.2 Å². The number of ether oxygens (including phenoxy) is 3. The van der Waals surface area contributed by atoms with Crippen molar-refractivity contribution >= 4 is 5.91 Å². The van der Waals surface area contributed by atoms with Gasteiger partial charge in [0.15, 0.2) is 6.10 Å². The molecule has 28 heavy (non-hydrogen) atoms. The van der Waals surface area contributed by atoms with Crippen LogP contribution in [0.4, 0.5) is 0 Å². The van der Waals surface area contributed by atoms with E-state index in [1.165, 1.54) is 0 Å². The molecule has 0 saturated heterocycles. The summed E-state index contributed by atoms with van der Waals surface area (Å²) in [5, 5.41) is 3.14. The van der Waals surface area contributed by atoms with E-state index in [2.05, 4.69) is 5.32 Å². The molecule has 5 heteroatoms. The lowest BCUT2D eigenvalue weighted by molar-refractivity contribution is -0.128. The SMILES string of the molecule is COc1ccc2c(c1)OC(C)(C)CC2NC(=O)C(C)Oc1cccc(C)c1C. The first-order valence-corrected chi connectivity index (χ1v) is 9.60. The number of rotatable bonds is 5. The Bertz CT molecular complexity index is 875. The molecule has 1 amide bonds. The molecule has 1 aliphatic rings. The Morgan fingerprint density at radius 2 is 2.00 bits per heavy atom. The number of hydrogen-bond acceptors (Lipinski definition) is 4. The summed E-state index contributed by atoms with van der Waals surface area (Å²) in [5.74, 6) is 2.06. The Labute approximate surface area is 167 Å². The zero-order valence-electron chi connectivity index (χ0n) is 17.5. The van der Waals surface area contributed by atoms with Gasteiger partial charge in [0, 0.05) is 18.1 Å². The van der Waals surface area contributed by atoms with E-state index in [4.69, 9.17) is 14.2 Å². The zero-order chi connectivity index (χ0) is 20.5. The number of amides is 1. The van der Waals surface area contributed by atoms with Crippen LogP contribution in [0.5, 0.6) is 17.2 Å². The van der Waals surface area contributed by atoms with Gasteiger partial charge in [0.1, 0.15) is 22.8 Å². The van der Waals surface area contributed by atoms with Gasteiger partial charge in [0.2, 0.25) is 0 Å². The summed E-state index contributed by atoms with van der Waals surface area (Å²) in [7, 11) is 1.63. The van der Waals surface area contributed by atoms with E-state index in [1.807, 2.05) is 64.1 Å². The van der Waals surface area contributed by atoms with Gasteiger partial charge < -0.3 is 19.5 Å². The molecule has 3 rings (SSSR count). The number of carbonyl (C=O) groups is 1. The minimum absolute atomic E-state index is 0.148. The predicted molar refractivity (Wildman–Crippen MR) is 109 cm³/mol. The smallest absolute Gasteiger partial charge is 0.261 e. The topological polar surface area (TPSA) is 56.8 Å². The molecule has 0 aliphatic carbocycles. The lowest BCUT2D eigenvalue weighted by Gasteiger charge is -2.38. The predicted octanol–water partition coefficient (Wildman–Crippen LogP) is 4.50. The molecule has 0 radical (unpaired) electrons. The molecule has 2 atom stereocenters. The van der Waals surface area contributed by atoms with Crippen molar-refractivity contribution in [2.75, 3.05) is 7.11 Å². The first kappa shape index (κ1) is 20.1. The highest BCUT2D eigenvalue weighted by Gasteiger charge is 2.35. The third-order valence-corrected chi connectivity index (χ3v) is 5.22. The van der Waals surface area contributed by atoms with Gasteiger partial charge in [-0.3, -0.25) is 4.79 Å². The number of nitrogens with one attached hydrogen (secondary N) is 1. The van der Waals surface area contributed by atoms with Crippen LogP contribution in [0.1, 0.15) is 49.9 Å². The summed E-state index contributed by atoms with van der Waals surface area (Å²) < 4.78 is 17.3. The largest absolute Gasteiger partial charge is 0.497 e. The van der Waals surface area contributed by atoms with Crippen molar-refractivity contribution in [3.05, 3.63) is 53.1 Å². The highest BCUT2D eigenvalue weighted by Crippen LogP contribution is 2.41. The molecule has 0 bridgehead atoms. The lowest BCUT2D eigenvalue weighted by Crippen LogP contribution is -2.44. The number of hydrogen-bond donors (Lipinski definition) is 1. The van der Waals surface area contributed by atoms with E-state index < -0.39 is 11.7 Å². The number of aryl methyl sites for hydroxylation is 1. The first-order chi connectivity index (χ1) is 13.2. The summed E-state index contributed by atoms with van der Waals surface area (Å²) in [6.07, 6.45) is 0.0713. The fourth-order valence-corrected chi connectivity index (χ4v) is 3.47. The second-order valence-corrected chi connectivity index (χ2v) is 7.99. The second-order valence-electron chi connectivity index (χ2n) is 7.99. The summed E-state index contributed by atoms with van der Waals surface area (Å²) in [4.78, 5) is 12.9. The molecule has 150 valence electrons. The number of fused-ring (bicyclic) bond motifs is 1. The molecule has 1 aliphatic heterocycles. The molecule has 0 aromatic heterocycles. The van der Waals surface area contributed by atoms with Gasteiger partial charge in [-0.2, -0.15) is 0 Å². The van der Waals surface area contributed by atoms with Crippen LogP contribution in [0.2, 0.25) is 0 Å². The molecule has 5 nitrogen and oxygen atoms in total. The molecule has 0 fully saturated rings. The average Bonchev–Trinajstić information content (AvgIpc) is 2.63. The normalized spacial score (nSPS) is 18.4. The summed E-state index contributed by atoms with van der Waals surface area (Å²) in [6, 6.07) is 11.4. The van der Waals surface area contributed by atoms with Crippen LogP contribution in [0.3, 0.4) is 0 Å². The molecule has 1 heterocycles. The fraction of sp³-hybridized carbons (Fsp3) is 0.435. The van der Waals surface area contributed by atoms with E-state index in [9.17, 15) is 4.79 Å². The number of carbonyl (C=O) groups excluding carboxylic acids is 1. The Morgan fingerprint density at radius 3 is 2.71 bits per heavy atom. The van der Waals surface area contributed by atoms with Crippen molar-refractivity contribution in [2.24, 2.45) is 0 Å². The molecular weight excluding hydrogens is 354 g/mol. The van der Waals surface area contributed by atoms with E-state index in [0.717, 1.165) is 33.9 Å². The van der Waals surface area contributed by atoms with E-state index in [-0.39, 0.29) is 11.9 Å². The average molecular weight is 383 g/mol. The van der Waals surface area contributed by atoms with Crippen molar-refractivity contribution in [2.45, 2.75) is 58.8 Å². The monoisotopic (exact) mass is 383 g/mol. The third-order valence-electron chi connectivity index (χ3n) is 5.22. The molecular formula is C23H29NO4. The molecule has 0 saturated carbocycles. The van der Waals surface area contributed by atoms with E-state index in [0.29, 0.717) is 6.42 Å². The van der Waals surface area contributed by atoms with Gasteiger partial charge in [-0.25, -0.2) is 0 Å². The zero-order valence-corrected chi connectivity index (χ0v) is 17.5. The van der Waals surface area contributed by atoms with Crippen LogP contribution >= 0.6 is 0 Å². The standard InChI is InChI=1S/C23H29NO4/c1-14-8-7-9-20(15(14)2)27-16(3)22(25)24-19-13-23(4,5)28-21-12-17(26-6)10-11-18(19)21/h7-12,16,19H,13H2,1-6H3,(H,24,25). The van der Waals surface area contributed by atoms with Crippen molar-refractivity contribution < 1.29 is 19.0 Å². The minimum Gasteiger partial charge on any atom is -0.497 e. The van der Waals surface area contributed by atoms with Gasteiger partial charge in [0.05, 0.1) is 13.2 Å². The molecule has 1 N–H and O–H groups in total. The van der Waals surface area contributed by atoms with E-state index in [1.54, 1.807) is 14.0 Å². The summed E-state index contributed by atoms with van der Waals surface area (Å²) in [6.45, 7) is 9.84. The van der Waals surface area contributed by atoms with Gasteiger partial charge in [-0.15, -0.1) is 0 Å². The van der Waals surface area contributed by atoms with Gasteiger partial charge in [0.25, 0.3) is 5.91 Å². The van der Waals surface area contributed by atoms with Crippen LogP contribution in [0.15, 0.2) is 36.4 Å². The number of methoxy groups -OCH3 is 1. The number of benzene rings is 2. The highest BCUT2D eigenvalue weighted by atomic mass is 16.5. The maximum Gasteiger partial charge on any atom is 0.261 e. The Balaban J connectivity index is 1.77. The summed E-state index contributed by atoms with van der Waals surface area (Å²) in [5.41, 5.74) is 2.74. The van der Waals surface area contributed by atoms with Crippen molar-refractivity contribution in [3.63, 3.8) is 0 Å². The Kier molecular flexibility index (Phi) is 5.54. The maximum absolute atomic E-state index is 12.9. The van der Waals surface area contributed by atoms with Crippen molar-refractivity contribution in [1.29, 1.82) is 0 Å². The highest BCUT2D eigenvalue weighted by molar-refractivity contribution is 5.81. The Hall–Kier alpha value is -2.69. The van der Waals surface area contributed by atoms with Crippen LogP contribution in [0.25, 0.3) is 0 Å². The van der Waals surface area contributed by atoms with Crippen LogP contribution in [0, 0.1) is 13.8 Å². The quantitative estimate of drug-likeness (QED) is 0.826. The van der Waals surface area contributed by atoms with Crippen LogP contribution in [-0.4, -0.2) is 24.7 Å². The molecule has 2 aromatic carbocycles. The minimum atomic E-state index is -0.604. The molecule has 2 aromatic rings. The van der Waals surface area contributed by atoms with E-state index >= 15 is 0 Å². The Morgan fingerprint density at radius 1 is 1.25 bits per heavy atom. The van der Waals surface area contributed by atoms with Crippen LogP contribution in [-0.2, 0) is 4.79 Å². The second kappa shape index (κ2) is 7.74. The van der Waals surface area contributed by atoms with Crippen LogP contribution < -0.4 is 19.5 Å².